The lowest BCUT2D eigenvalue weighted by molar-refractivity contribution is 0.203. The van der Waals surface area contributed by atoms with E-state index in [-0.39, 0.29) is 11.3 Å². The third-order valence-corrected chi connectivity index (χ3v) is 3.81. The molecule has 0 saturated carbocycles. The fourth-order valence-electron chi connectivity index (χ4n) is 1.17. The average molecular weight is 234 g/mol. The molecule has 0 radical (unpaired) electrons. The number of rotatable bonds is 6. The van der Waals surface area contributed by atoms with Crippen molar-refractivity contribution in [3.8, 4) is 0 Å². The Kier molecular flexibility index (Phi) is 7.38. The maximum Gasteiger partial charge on any atom is 0.317 e. The summed E-state index contributed by atoms with van der Waals surface area (Å²) >= 11 is 0. The third-order valence-electron chi connectivity index (χ3n) is 2.44. The normalized spacial score (nSPS) is 14.4. The molecule has 0 aliphatic heterocycles. The topological polar surface area (TPSA) is 49.4 Å². The molecule has 0 rings (SSSR count). The van der Waals surface area contributed by atoms with Crippen molar-refractivity contribution in [1.82, 2.24) is 10.2 Å². The number of hydrogen-bond acceptors (Lipinski definition) is 2. The molecule has 1 N–H and O–H groups in total. The van der Waals surface area contributed by atoms with Gasteiger partial charge in [0, 0.05) is 41.9 Å². The number of carbonyl (C=O) groups excluding carboxylic acids is 1. The van der Waals surface area contributed by atoms with Crippen LogP contribution < -0.4 is 5.32 Å². The van der Waals surface area contributed by atoms with Gasteiger partial charge in [-0.15, -0.1) is 0 Å². The van der Waals surface area contributed by atoms with Crippen molar-refractivity contribution in [3.63, 3.8) is 0 Å². The fraction of sp³-hybridized carbons (Fsp3) is 0.900. The van der Waals surface area contributed by atoms with Crippen LogP contribution in [0.5, 0.6) is 0 Å². The molecule has 0 aromatic rings. The summed E-state index contributed by atoms with van der Waals surface area (Å²) in [6.07, 6.45) is 2.45. The van der Waals surface area contributed by atoms with Gasteiger partial charge < -0.3 is 10.2 Å². The van der Waals surface area contributed by atoms with Gasteiger partial charge in [0.2, 0.25) is 0 Å². The molecule has 4 nitrogen and oxygen atoms in total. The molecule has 15 heavy (non-hydrogen) atoms. The molecule has 0 spiro atoms. The number of nitrogens with zero attached hydrogens (tertiary/aromatic N) is 1. The fourth-order valence-corrected chi connectivity index (χ4v) is 1.62. The Hall–Kier alpha value is -0.580. The summed E-state index contributed by atoms with van der Waals surface area (Å²) in [7, 11) is -0.804. The molecule has 0 aromatic heterocycles. The predicted molar refractivity (Wildman–Crippen MR) is 64.5 cm³/mol. The molecule has 2 atom stereocenters. The molecule has 0 saturated heterocycles. The van der Waals surface area contributed by atoms with E-state index in [1.54, 1.807) is 11.2 Å². The van der Waals surface area contributed by atoms with Crippen molar-refractivity contribution >= 4 is 16.8 Å². The number of carbonyl (C=O) groups is 1. The zero-order valence-corrected chi connectivity index (χ0v) is 10.9. The van der Waals surface area contributed by atoms with Crippen molar-refractivity contribution in [1.29, 1.82) is 0 Å². The van der Waals surface area contributed by atoms with E-state index in [0.717, 1.165) is 19.5 Å². The monoisotopic (exact) mass is 234 g/mol. The lowest BCUT2D eigenvalue weighted by atomic mass is 10.3. The molecule has 0 aliphatic carbocycles. The number of urea groups is 1. The smallest absolute Gasteiger partial charge is 0.317 e. The van der Waals surface area contributed by atoms with Gasteiger partial charge in [-0.05, 0) is 20.3 Å². The minimum Gasteiger partial charge on any atom is -0.338 e. The highest BCUT2D eigenvalue weighted by Crippen LogP contribution is 1.97. The molecule has 2 amide bonds. The quantitative estimate of drug-likeness (QED) is 0.750. The van der Waals surface area contributed by atoms with Crippen LogP contribution in [0.15, 0.2) is 0 Å². The van der Waals surface area contributed by atoms with Gasteiger partial charge >= 0.3 is 6.03 Å². The molecule has 0 bridgehead atoms. The van der Waals surface area contributed by atoms with Gasteiger partial charge in [-0.3, -0.25) is 4.21 Å². The maximum atomic E-state index is 11.5. The van der Waals surface area contributed by atoms with Crippen LogP contribution in [-0.4, -0.2) is 46.3 Å². The van der Waals surface area contributed by atoms with E-state index in [4.69, 9.17) is 0 Å². The van der Waals surface area contributed by atoms with Gasteiger partial charge in [0.15, 0.2) is 0 Å². The van der Waals surface area contributed by atoms with Crippen LogP contribution in [0.25, 0.3) is 0 Å². The number of hydrogen-bond donors (Lipinski definition) is 1. The van der Waals surface area contributed by atoms with Gasteiger partial charge in [-0.2, -0.15) is 0 Å². The zero-order chi connectivity index (χ0) is 11.8. The van der Waals surface area contributed by atoms with Gasteiger partial charge in [0.1, 0.15) is 0 Å². The van der Waals surface area contributed by atoms with E-state index in [0.29, 0.717) is 6.54 Å². The van der Waals surface area contributed by atoms with E-state index in [1.165, 1.54) is 0 Å². The van der Waals surface area contributed by atoms with Crippen LogP contribution in [-0.2, 0) is 10.8 Å². The molecule has 0 aliphatic rings. The Bertz CT molecular complexity index is 217. The second-order valence-corrected chi connectivity index (χ2v) is 5.30. The van der Waals surface area contributed by atoms with Crippen molar-refractivity contribution in [2.75, 3.05) is 25.9 Å². The van der Waals surface area contributed by atoms with Crippen LogP contribution in [0, 0.1) is 0 Å². The summed E-state index contributed by atoms with van der Waals surface area (Å²) in [6.45, 7) is 7.87. The minimum atomic E-state index is -0.804. The summed E-state index contributed by atoms with van der Waals surface area (Å²) in [5, 5.41) is 2.96. The summed E-state index contributed by atoms with van der Waals surface area (Å²) in [6, 6.07) is -0.0333. The first-order chi connectivity index (χ1) is 7.02. The molecule has 0 aromatic carbocycles. The van der Waals surface area contributed by atoms with Crippen LogP contribution in [0.1, 0.15) is 27.2 Å². The highest BCUT2D eigenvalue weighted by atomic mass is 32.2. The molecule has 90 valence electrons. The highest BCUT2D eigenvalue weighted by molar-refractivity contribution is 7.84. The number of nitrogens with one attached hydrogen (secondary N) is 1. The second kappa shape index (κ2) is 7.68. The molecule has 5 heteroatoms. The van der Waals surface area contributed by atoms with Gasteiger partial charge in [-0.1, -0.05) is 6.92 Å². The predicted octanol–water partition coefficient (Wildman–Crippen LogP) is 1.19. The van der Waals surface area contributed by atoms with Crippen molar-refractivity contribution in [3.05, 3.63) is 0 Å². The SMILES string of the molecule is CCN(CC)C(=O)NCCC(C)S(C)=O. The Morgan fingerprint density at radius 3 is 2.33 bits per heavy atom. The van der Waals surface area contributed by atoms with Crippen LogP contribution >= 0.6 is 0 Å². The van der Waals surface area contributed by atoms with Gasteiger partial charge in [0.05, 0.1) is 0 Å². The third kappa shape index (κ3) is 5.77. The lowest BCUT2D eigenvalue weighted by Crippen LogP contribution is -2.40. The lowest BCUT2D eigenvalue weighted by Gasteiger charge is -2.19. The summed E-state index contributed by atoms with van der Waals surface area (Å²) in [4.78, 5) is 13.2. The van der Waals surface area contributed by atoms with Crippen LogP contribution in [0.3, 0.4) is 0 Å². The van der Waals surface area contributed by atoms with E-state index < -0.39 is 10.8 Å². The first kappa shape index (κ1) is 14.4. The molecule has 2 unspecified atom stereocenters. The number of amides is 2. The van der Waals surface area contributed by atoms with Gasteiger partial charge in [0.25, 0.3) is 0 Å². The molecular formula is C10H22N2O2S. The van der Waals surface area contributed by atoms with Crippen molar-refractivity contribution in [2.45, 2.75) is 32.4 Å². The first-order valence-corrected chi connectivity index (χ1v) is 7.00. The Labute approximate surface area is 94.9 Å². The standard InChI is InChI=1S/C10H22N2O2S/c1-5-12(6-2)10(13)11-8-7-9(3)15(4)14/h9H,5-8H2,1-4H3,(H,11,13). The van der Waals surface area contributed by atoms with Gasteiger partial charge in [-0.25, -0.2) is 4.79 Å². The molecular weight excluding hydrogens is 212 g/mol. The molecule has 0 heterocycles. The molecule has 0 fully saturated rings. The minimum absolute atomic E-state index is 0.0333. The van der Waals surface area contributed by atoms with E-state index in [2.05, 4.69) is 5.32 Å². The Morgan fingerprint density at radius 1 is 1.40 bits per heavy atom. The summed E-state index contributed by atoms with van der Waals surface area (Å²) in [5.74, 6) is 0. The highest BCUT2D eigenvalue weighted by Gasteiger charge is 2.10. The van der Waals surface area contributed by atoms with E-state index in [1.807, 2.05) is 20.8 Å². The first-order valence-electron chi connectivity index (χ1n) is 5.37. The Balaban J connectivity index is 3.76. The summed E-state index contributed by atoms with van der Waals surface area (Å²) in [5.41, 5.74) is 0. The van der Waals surface area contributed by atoms with Crippen LogP contribution in [0.4, 0.5) is 4.79 Å². The maximum absolute atomic E-state index is 11.5. The zero-order valence-electron chi connectivity index (χ0n) is 10.1. The second-order valence-electron chi connectivity index (χ2n) is 3.50. The van der Waals surface area contributed by atoms with E-state index in [9.17, 15) is 9.00 Å². The average Bonchev–Trinajstić information content (AvgIpc) is 2.19. The largest absolute Gasteiger partial charge is 0.338 e. The Morgan fingerprint density at radius 2 is 1.93 bits per heavy atom. The van der Waals surface area contributed by atoms with Crippen molar-refractivity contribution < 1.29 is 9.00 Å². The van der Waals surface area contributed by atoms with E-state index >= 15 is 0 Å². The van der Waals surface area contributed by atoms with Crippen LogP contribution in [0.2, 0.25) is 0 Å². The summed E-state index contributed by atoms with van der Waals surface area (Å²) < 4.78 is 11.1. The van der Waals surface area contributed by atoms with Crippen molar-refractivity contribution in [2.24, 2.45) is 0 Å².